The van der Waals surface area contributed by atoms with Crippen LogP contribution in [0.3, 0.4) is 0 Å². The summed E-state index contributed by atoms with van der Waals surface area (Å²) in [4.78, 5) is 25.5. The molecular formula is C11H21N5O3. The maximum atomic E-state index is 11.6. The molecule has 19 heavy (non-hydrogen) atoms. The van der Waals surface area contributed by atoms with Crippen molar-refractivity contribution in [3.05, 3.63) is 10.4 Å². The van der Waals surface area contributed by atoms with Crippen LogP contribution >= 0.6 is 0 Å². The van der Waals surface area contributed by atoms with Crippen molar-refractivity contribution in [2.75, 3.05) is 6.54 Å². The summed E-state index contributed by atoms with van der Waals surface area (Å²) < 4.78 is 5.04. The van der Waals surface area contributed by atoms with E-state index in [2.05, 4.69) is 15.3 Å². The molecule has 8 heteroatoms. The van der Waals surface area contributed by atoms with E-state index in [1.165, 1.54) is 0 Å². The molecule has 0 aliphatic heterocycles. The van der Waals surface area contributed by atoms with Crippen molar-refractivity contribution in [1.82, 2.24) is 5.32 Å². The highest BCUT2D eigenvalue weighted by molar-refractivity contribution is 5.86. The van der Waals surface area contributed by atoms with Gasteiger partial charge in [-0.15, -0.1) is 0 Å². The Kier molecular flexibility index (Phi) is 7.55. The van der Waals surface area contributed by atoms with Crippen LogP contribution in [0, 0.1) is 0 Å². The average molecular weight is 271 g/mol. The summed E-state index contributed by atoms with van der Waals surface area (Å²) in [7, 11) is 0. The van der Waals surface area contributed by atoms with Gasteiger partial charge in [0.2, 0.25) is 5.91 Å². The molecule has 0 saturated carbocycles. The number of carbonyl (C=O) groups is 2. The average Bonchev–Trinajstić information content (AvgIpc) is 2.25. The van der Waals surface area contributed by atoms with Gasteiger partial charge in [-0.05, 0) is 57.2 Å². The van der Waals surface area contributed by atoms with E-state index >= 15 is 0 Å². The van der Waals surface area contributed by atoms with E-state index in [4.69, 9.17) is 16.0 Å². The summed E-state index contributed by atoms with van der Waals surface area (Å²) in [6.07, 6.45) is 1.00. The smallest absolute Gasteiger partial charge is 0.408 e. The highest BCUT2D eigenvalue weighted by Gasteiger charge is 2.23. The number of rotatable bonds is 6. The van der Waals surface area contributed by atoms with Gasteiger partial charge in [0.1, 0.15) is 5.60 Å². The van der Waals surface area contributed by atoms with Crippen LogP contribution in [-0.2, 0) is 9.53 Å². The summed E-state index contributed by atoms with van der Waals surface area (Å²) in [5, 5.41) is 5.39. The Hall–Kier alpha value is -1.79. The van der Waals surface area contributed by atoms with E-state index in [1.54, 1.807) is 20.8 Å². The number of unbranched alkanes of at least 4 members (excludes halogenated alkanes) is 1. The van der Waals surface area contributed by atoms with Crippen LogP contribution in [0.15, 0.2) is 5.11 Å². The first-order chi connectivity index (χ1) is 8.80. The molecule has 108 valence electrons. The third-order valence-corrected chi connectivity index (χ3v) is 2.08. The zero-order chi connectivity index (χ0) is 14.9. The predicted molar refractivity (Wildman–Crippen MR) is 70.2 cm³/mol. The lowest BCUT2D eigenvalue weighted by molar-refractivity contribution is -0.120. The fourth-order valence-electron chi connectivity index (χ4n) is 1.31. The van der Waals surface area contributed by atoms with Gasteiger partial charge in [0.15, 0.2) is 0 Å². The first-order valence-corrected chi connectivity index (χ1v) is 6.08. The van der Waals surface area contributed by atoms with Gasteiger partial charge in [0.25, 0.3) is 0 Å². The second-order valence-corrected chi connectivity index (χ2v) is 5.01. The monoisotopic (exact) mass is 271 g/mol. The van der Waals surface area contributed by atoms with Gasteiger partial charge in [-0.25, -0.2) is 4.79 Å². The first-order valence-electron chi connectivity index (χ1n) is 6.08. The summed E-state index contributed by atoms with van der Waals surface area (Å²) in [6, 6.07) is -0.878. The summed E-state index contributed by atoms with van der Waals surface area (Å²) in [6.45, 7) is 5.64. The van der Waals surface area contributed by atoms with Crippen LogP contribution in [0.25, 0.3) is 10.4 Å². The van der Waals surface area contributed by atoms with Gasteiger partial charge >= 0.3 is 6.09 Å². The lowest BCUT2D eigenvalue weighted by Crippen LogP contribution is -2.42. The molecule has 0 spiro atoms. The lowest BCUT2D eigenvalue weighted by atomic mass is 10.1. The molecule has 0 rings (SSSR count). The highest BCUT2D eigenvalue weighted by Crippen LogP contribution is 2.08. The number of hydrogen-bond donors (Lipinski definition) is 2. The molecule has 8 nitrogen and oxygen atoms in total. The number of carbonyl (C=O) groups excluding carboxylic acids is 2. The Bertz CT molecular complexity index is 358. The zero-order valence-electron chi connectivity index (χ0n) is 11.5. The minimum Gasteiger partial charge on any atom is -0.444 e. The van der Waals surface area contributed by atoms with E-state index in [-0.39, 0.29) is 0 Å². The van der Waals surface area contributed by atoms with Crippen LogP contribution in [0.2, 0.25) is 0 Å². The van der Waals surface area contributed by atoms with Crippen LogP contribution in [-0.4, -0.2) is 30.2 Å². The molecule has 0 aliphatic rings. The van der Waals surface area contributed by atoms with E-state index in [1.807, 2.05) is 0 Å². The van der Waals surface area contributed by atoms with Crippen LogP contribution in [0.5, 0.6) is 0 Å². The zero-order valence-corrected chi connectivity index (χ0v) is 11.5. The molecule has 1 atom stereocenters. The second-order valence-electron chi connectivity index (χ2n) is 5.01. The van der Waals surface area contributed by atoms with E-state index in [0.717, 1.165) is 6.42 Å². The molecule has 0 heterocycles. The number of amides is 2. The summed E-state index contributed by atoms with van der Waals surface area (Å²) in [5.74, 6) is -0.731. The molecule has 0 aromatic rings. The van der Waals surface area contributed by atoms with Crippen LogP contribution in [0.4, 0.5) is 4.79 Å². The van der Waals surface area contributed by atoms with Crippen molar-refractivity contribution < 1.29 is 14.3 Å². The molecular weight excluding hydrogens is 250 g/mol. The van der Waals surface area contributed by atoms with Crippen molar-refractivity contribution in [3.8, 4) is 0 Å². The topological polar surface area (TPSA) is 130 Å². The summed E-state index contributed by atoms with van der Waals surface area (Å²) in [5.41, 5.74) is 12.9. The fourth-order valence-corrected chi connectivity index (χ4v) is 1.31. The first kappa shape index (κ1) is 17.2. The Morgan fingerprint density at radius 3 is 2.53 bits per heavy atom. The maximum Gasteiger partial charge on any atom is 0.408 e. The van der Waals surface area contributed by atoms with Crippen LogP contribution in [0.1, 0.15) is 40.0 Å². The molecule has 0 saturated heterocycles. The number of alkyl carbamates (subject to hydrolysis) is 1. The number of nitrogens with one attached hydrogen (secondary N) is 1. The summed E-state index contributed by atoms with van der Waals surface area (Å²) >= 11 is 0. The number of azide groups is 1. The van der Waals surface area contributed by atoms with Crippen LogP contribution < -0.4 is 11.1 Å². The Morgan fingerprint density at radius 2 is 2.05 bits per heavy atom. The minimum absolute atomic E-state index is 0.355. The van der Waals surface area contributed by atoms with Gasteiger partial charge < -0.3 is 15.8 Å². The van der Waals surface area contributed by atoms with E-state index in [0.29, 0.717) is 19.4 Å². The molecule has 3 N–H and O–H groups in total. The number of ether oxygens (including phenoxy) is 1. The Balaban J connectivity index is 4.52. The van der Waals surface area contributed by atoms with Gasteiger partial charge in [-0.1, -0.05) is 0 Å². The lowest BCUT2D eigenvalue weighted by Gasteiger charge is -2.22. The molecule has 0 unspecified atom stereocenters. The molecule has 0 radical (unpaired) electrons. The minimum atomic E-state index is -0.878. The van der Waals surface area contributed by atoms with Crippen molar-refractivity contribution in [3.63, 3.8) is 0 Å². The number of nitrogens with zero attached hydrogens (tertiary/aromatic N) is 3. The second kappa shape index (κ2) is 8.34. The molecule has 0 aromatic carbocycles. The molecule has 0 aromatic heterocycles. The van der Waals surface area contributed by atoms with Crippen molar-refractivity contribution in [2.24, 2.45) is 10.8 Å². The molecule has 0 fully saturated rings. The quantitative estimate of drug-likeness (QED) is 0.330. The normalized spacial score (nSPS) is 12.2. The SMILES string of the molecule is CC(C)(C)OC(=O)N[C@@H](CCCCN)C(=O)N=[N+]=[N-]. The van der Waals surface area contributed by atoms with Crippen molar-refractivity contribution in [1.29, 1.82) is 0 Å². The standard InChI is InChI=1S/C11H21N5O3/c1-11(2,3)19-10(18)14-8(6-4-5-7-12)9(17)15-16-13/h8H,4-7,12H2,1-3H3,(H,14,18)/t8-/m0/s1. The highest BCUT2D eigenvalue weighted by atomic mass is 16.6. The maximum absolute atomic E-state index is 11.6. The molecule has 2 amide bonds. The number of hydrogen-bond acceptors (Lipinski definition) is 4. The van der Waals surface area contributed by atoms with Crippen molar-refractivity contribution in [2.45, 2.75) is 51.7 Å². The Labute approximate surface area is 112 Å². The van der Waals surface area contributed by atoms with Gasteiger partial charge in [0.05, 0.1) is 6.04 Å². The van der Waals surface area contributed by atoms with Gasteiger partial charge in [-0.2, -0.15) is 0 Å². The third-order valence-electron chi connectivity index (χ3n) is 2.08. The van der Waals surface area contributed by atoms with Gasteiger partial charge in [-0.3, -0.25) is 4.79 Å². The third kappa shape index (κ3) is 8.87. The Morgan fingerprint density at radius 1 is 1.42 bits per heavy atom. The van der Waals surface area contributed by atoms with Crippen molar-refractivity contribution >= 4 is 12.0 Å². The van der Waals surface area contributed by atoms with E-state index < -0.39 is 23.6 Å². The largest absolute Gasteiger partial charge is 0.444 e. The molecule has 0 bridgehead atoms. The molecule has 0 aliphatic carbocycles. The van der Waals surface area contributed by atoms with Gasteiger partial charge in [0, 0.05) is 4.91 Å². The number of nitrogens with two attached hydrogens (primary N) is 1. The fraction of sp³-hybridized carbons (Fsp3) is 0.818. The van der Waals surface area contributed by atoms with E-state index in [9.17, 15) is 9.59 Å². The predicted octanol–water partition coefficient (Wildman–Crippen LogP) is 1.85.